The Labute approximate surface area is 145 Å². The van der Waals surface area contributed by atoms with Crippen LogP contribution in [0.15, 0.2) is 41.2 Å². The van der Waals surface area contributed by atoms with Crippen molar-refractivity contribution in [2.45, 2.75) is 32.4 Å². The number of aryl methyl sites for hydroxylation is 1. The lowest BCUT2D eigenvalue weighted by atomic mass is 10.2. The first-order valence-corrected chi connectivity index (χ1v) is 8.39. The lowest BCUT2D eigenvalue weighted by Gasteiger charge is -2.12. The van der Waals surface area contributed by atoms with Crippen LogP contribution in [-0.2, 0) is 11.3 Å². The number of amides is 1. The SMILES string of the molecule is CCn1nc(C(=O)Nc2ccc(OCC3CCCO3)cc2)ccc1=O. The van der Waals surface area contributed by atoms with Crippen molar-refractivity contribution in [2.75, 3.05) is 18.5 Å². The van der Waals surface area contributed by atoms with Gasteiger partial charge in [0.1, 0.15) is 18.1 Å². The second-order valence-electron chi connectivity index (χ2n) is 5.80. The summed E-state index contributed by atoms with van der Waals surface area (Å²) in [7, 11) is 0. The second-order valence-corrected chi connectivity index (χ2v) is 5.80. The quantitative estimate of drug-likeness (QED) is 0.868. The van der Waals surface area contributed by atoms with Gasteiger partial charge in [0, 0.05) is 24.9 Å². The molecule has 1 aromatic heterocycles. The van der Waals surface area contributed by atoms with E-state index in [4.69, 9.17) is 9.47 Å². The van der Waals surface area contributed by atoms with Crippen LogP contribution < -0.4 is 15.6 Å². The third kappa shape index (κ3) is 4.45. The molecule has 1 aliphatic rings. The number of aromatic nitrogens is 2. The molecule has 7 nitrogen and oxygen atoms in total. The maximum atomic E-state index is 12.2. The maximum absolute atomic E-state index is 12.2. The molecule has 1 aliphatic heterocycles. The maximum Gasteiger partial charge on any atom is 0.276 e. The molecule has 1 fully saturated rings. The highest BCUT2D eigenvalue weighted by Crippen LogP contribution is 2.18. The standard InChI is InChI=1S/C18H21N3O4/c1-2-21-17(22)10-9-16(20-21)18(23)19-13-5-7-14(8-6-13)25-12-15-4-3-11-24-15/h5-10,15H,2-4,11-12H2,1H3,(H,19,23). The molecule has 1 N–H and O–H groups in total. The van der Waals surface area contributed by atoms with Gasteiger partial charge in [-0.05, 0) is 50.1 Å². The molecule has 0 bridgehead atoms. The fourth-order valence-corrected chi connectivity index (χ4v) is 2.59. The third-order valence-electron chi connectivity index (χ3n) is 3.97. The predicted octanol–water partition coefficient (Wildman–Crippen LogP) is 2.07. The first kappa shape index (κ1) is 17.2. The molecule has 0 radical (unpaired) electrons. The molecule has 1 saturated heterocycles. The largest absolute Gasteiger partial charge is 0.491 e. The molecule has 132 valence electrons. The topological polar surface area (TPSA) is 82.5 Å². The Morgan fingerprint density at radius 3 is 2.80 bits per heavy atom. The van der Waals surface area contributed by atoms with Gasteiger partial charge in [-0.1, -0.05) is 0 Å². The van der Waals surface area contributed by atoms with E-state index in [-0.39, 0.29) is 23.3 Å². The van der Waals surface area contributed by atoms with Crippen LogP contribution in [0.4, 0.5) is 5.69 Å². The molecule has 0 aliphatic carbocycles. The lowest BCUT2D eigenvalue weighted by molar-refractivity contribution is 0.0679. The zero-order valence-corrected chi connectivity index (χ0v) is 14.1. The number of nitrogens with one attached hydrogen (secondary N) is 1. The van der Waals surface area contributed by atoms with Gasteiger partial charge in [0.05, 0.1) is 6.10 Å². The van der Waals surface area contributed by atoms with Crippen LogP contribution in [0.1, 0.15) is 30.3 Å². The van der Waals surface area contributed by atoms with Crippen molar-refractivity contribution in [1.29, 1.82) is 0 Å². The zero-order chi connectivity index (χ0) is 17.6. The van der Waals surface area contributed by atoms with Crippen molar-refractivity contribution in [2.24, 2.45) is 0 Å². The van der Waals surface area contributed by atoms with Crippen molar-refractivity contribution in [3.8, 4) is 5.75 Å². The summed E-state index contributed by atoms with van der Waals surface area (Å²) in [6.45, 7) is 3.55. The van der Waals surface area contributed by atoms with Gasteiger partial charge in [-0.3, -0.25) is 9.59 Å². The molecule has 0 saturated carbocycles. The van der Waals surface area contributed by atoms with Crippen molar-refractivity contribution < 1.29 is 14.3 Å². The van der Waals surface area contributed by atoms with E-state index in [9.17, 15) is 9.59 Å². The number of rotatable bonds is 6. The first-order chi connectivity index (χ1) is 12.2. The minimum atomic E-state index is -0.366. The molecule has 1 amide bonds. The van der Waals surface area contributed by atoms with Crippen LogP contribution in [0.3, 0.4) is 0 Å². The van der Waals surface area contributed by atoms with Crippen LogP contribution in [0, 0.1) is 0 Å². The molecule has 7 heteroatoms. The molecule has 2 aromatic rings. The molecule has 1 unspecified atom stereocenters. The number of carbonyl (C=O) groups is 1. The number of nitrogens with zero attached hydrogens (tertiary/aromatic N) is 2. The van der Waals surface area contributed by atoms with Crippen molar-refractivity contribution in [3.63, 3.8) is 0 Å². The Bertz CT molecular complexity index is 780. The average Bonchev–Trinajstić information content (AvgIpc) is 3.15. The van der Waals surface area contributed by atoms with Gasteiger partial charge in [0.25, 0.3) is 11.5 Å². The smallest absolute Gasteiger partial charge is 0.276 e. The molecule has 1 aromatic carbocycles. The number of benzene rings is 1. The number of carbonyl (C=O) groups excluding carboxylic acids is 1. The van der Waals surface area contributed by atoms with Crippen LogP contribution in [-0.4, -0.2) is 35.0 Å². The summed E-state index contributed by atoms with van der Waals surface area (Å²) >= 11 is 0. The first-order valence-electron chi connectivity index (χ1n) is 8.39. The summed E-state index contributed by atoms with van der Waals surface area (Å²) in [5.74, 6) is 0.362. The Hall–Kier alpha value is -2.67. The zero-order valence-electron chi connectivity index (χ0n) is 14.1. The highest BCUT2D eigenvalue weighted by Gasteiger charge is 2.16. The van der Waals surface area contributed by atoms with Crippen molar-refractivity contribution in [1.82, 2.24) is 9.78 Å². The average molecular weight is 343 g/mol. The van der Waals surface area contributed by atoms with Gasteiger partial charge < -0.3 is 14.8 Å². The van der Waals surface area contributed by atoms with Gasteiger partial charge >= 0.3 is 0 Å². The monoisotopic (exact) mass is 343 g/mol. The van der Waals surface area contributed by atoms with Gasteiger partial charge in [0.2, 0.25) is 0 Å². The summed E-state index contributed by atoms with van der Waals surface area (Å²) in [6, 6.07) is 9.88. The number of anilines is 1. The molecule has 1 atom stereocenters. The Balaban J connectivity index is 1.58. The summed E-state index contributed by atoms with van der Waals surface area (Å²) in [6.07, 6.45) is 2.28. The third-order valence-corrected chi connectivity index (χ3v) is 3.97. The van der Waals surface area contributed by atoms with E-state index >= 15 is 0 Å². The second kappa shape index (κ2) is 7.94. The summed E-state index contributed by atoms with van der Waals surface area (Å²) in [5.41, 5.74) is 0.595. The number of ether oxygens (including phenoxy) is 2. The van der Waals surface area contributed by atoms with Gasteiger partial charge in [-0.25, -0.2) is 4.68 Å². The summed E-state index contributed by atoms with van der Waals surface area (Å²) in [5, 5.41) is 6.79. The molecular weight excluding hydrogens is 322 g/mol. The fourth-order valence-electron chi connectivity index (χ4n) is 2.59. The summed E-state index contributed by atoms with van der Waals surface area (Å²) in [4.78, 5) is 23.8. The van der Waals surface area contributed by atoms with E-state index in [2.05, 4.69) is 10.4 Å². The van der Waals surface area contributed by atoms with Crippen molar-refractivity contribution >= 4 is 11.6 Å². The molecular formula is C18H21N3O4. The van der Waals surface area contributed by atoms with Crippen LogP contribution in [0.5, 0.6) is 5.75 Å². The van der Waals surface area contributed by atoms with Crippen LogP contribution in [0.2, 0.25) is 0 Å². The highest BCUT2D eigenvalue weighted by molar-refractivity contribution is 6.02. The Morgan fingerprint density at radius 1 is 1.32 bits per heavy atom. The van der Waals surface area contributed by atoms with E-state index in [1.807, 2.05) is 0 Å². The van der Waals surface area contributed by atoms with E-state index in [1.54, 1.807) is 31.2 Å². The number of hydrogen-bond donors (Lipinski definition) is 1. The summed E-state index contributed by atoms with van der Waals surface area (Å²) < 4.78 is 12.5. The minimum Gasteiger partial charge on any atom is -0.491 e. The van der Waals surface area contributed by atoms with Gasteiger partial charge in [-0.15, -0.1) is 0 Å². The van der Waals surface area contributed by atoms with Gasteiger partial charge in [0.15, 0.2) is 0 Å². The van der Waals surface area contributed by atoms with Crippen LogP contribution >= 0.6 is 0 Å². The fraction of sp³-hybridized carbons (Fsp3) is 0.389. The molecule has 3 rings (SSSR count). The minimum absolute atomic E-state index is 0.166. The Morgan fingerprint density at radius 2 is 2.12 bits per heavy atom. The molecule has 25 heavy (non-hydrogen) atoms. The van der Waals surface area contributed by atoms with E-state index in [1.165, 1.54) is 16.8 Å². The van der Waals surface area contributed by atoms with E-state index in [0.717, 1.165) is 25.2 Å². The molecule has 2 heterocycles. The predicted molar refractivity (Wildman–Crippen MR) is 93.0 cm³/mol. The lowest BCUT2D eigenvalue weighted by Crippen LogP contribution is -2.25. The Kier molecular flexibility index (Phi) is 5.45. The molecule has 0 spiro atoms. The van der Waals surface area contributed by atoms with Crippen molar-refractivity contribution in [3.05, 3.63) is 52.4 Å². The van der Waals surface area contributed by atoms with E-state index in [0.29, 0.717) is 18.8 Å². The van der Waals surface area contributed by atoms with E-state index < -0.39 is 0 Å². The van der Waals surface area contributed by atoms with Gasteiger partial charge in [-0.2, -0.15) is 5.10 Å². The normalized spacial score (nSPS) is 16.6. The highest BCUT2D eigenvalue weighted by atomic mass is 16.5. The van der Waals surface area contributed by atoms with Crippen LogP contribution in [0.25, 0.3) is 0 Å². The number of hydrogen-bond acceptors (Lipinski definition) is 5.